The van der Waals surface area contributed by atoms with Gasteiger partial charge in [-0.1, -0.05) is 12.1 Å². The van der Waals surface area contributed by atoms with Gasteiger partial charge >= 0.3 is 0 Å². The number of benzene rings is 1. The standard InChI is InChI=1S/C14H15Br2N3S/c1-3-17-14-13(16)9(2)18-12(19-14)8-20-11-7-5-4-6-10(11)15/h4-7H,3,8H2,1-2H3,(H,17,18,19). The highest BCUT2D eigenvalue weighted by atomic mass is 79.9. The van der Waals surface area contributed by atoms with Gasteiger partial charge in [-0.05, 0) is 57.8 Å². The van der Waals surface area contributed by atoms with Crippen LogP contribution in [0.25, 0.3) is 0 Å². The lowest BCUT2D eigenvalue weighted by Crippen LogP contribution is -2.05. The lowest BCUT2D eigenvalue weighted by atomic mass is 10.4. The molecule has 3 nitrogen and oxygen atoms in total. The summed E-state index contributed by atoms with van der Waals surface area (Å²) >= 11 is 8.80. The molecule has 1 heterocycles. The van der Waals surface area contributed by atoms with Gasteiger partial charge in [-0.3, -0.25) is 0 Å². The van der Waals surface area contributed by atoms with Crippen LogP contribution in [0.2, 0.25) is 0 Å². The van der Waals surface area contributed by atoms with E-state index < -0.39 is 0 Å². The molecule has 6 heteroatoms. The Morgan fingerprint density at radius 3 is 2.65 bits per heavy atom. The monoisotopic (exact) mass is 415 g/mol. The summed E-state index contributed by atoms with van der Waals surface area (Å²) in [6.45, 7) is 4.88. The van der Waals surface area contributed by atoms with Crippen LogP contribution in [0.15, 0.2) is 38.1 Å². The van der Waals surface area contributed by atoms with Crippen molar-refractivity contribution in [2.45, 2.75) is 24.5 Å². The number of nitrogens with zero attached hydrogens (tertiary/aromatic N) is 2. The first-order valence-electron chi connectivity index (χ1n) is 6.26. The lowest BCUT2D eigenvalue weighted by Gasteiger charge is -2.10. The maximum absolute atomic E-state index is 4.56. The van der Waals surface area contributed by atoms with Crippen molar-refractivity contribution in [2.75, 3.05) is 11.9 Å². The van der Waals surface area contributed by atoms with Gasteiger partial charge in [-0.15, -0.1) is 11.8 Å². The minimum atomic E-state index is 0.745. The Balaban J connectivity index is 2.16. The Morgan fingerprint density at radius 1 is 1.20 bits per heavy atom. The number of halogens is 2. The highest BCUT2D eigenvalue weighted by molar-refractivity contribution is 9.11. The number of hydrogen-bond donors (Lipinski definition) is 1. The number of aryl methyl sites for hydroxylation is 1. The van der Waals surface area contributed by atoms with Crippen LogP contribution in [0.3, 0.4) is 0 Å². The predicted molar refractivity (Wildman–Crippen MR) is 92.3 cm³/mol. The van der Waals surface area contributed by atoms with Crippen LogP contribution < -0.4 is 5.32 Å². The van der Waals surface area contributed by atoms with Crippen LogP contribution in [-0.4, -0.2) is 16.5 Å². The summed E-state index contributed by atoms with van der Waals surface area (Å²) in [4.78, 5) is 10.3. The zero-order valence-corrected chi connectivity index (χ0v) is 15.3. The molecule has 0 fully saturated rings. The number of rotatable bonds is 5. The van der Waals surface area contributed by atoms with Crippen LogP contribution in [0.5, 0.6) is 0 Å². The van der Waals surface area contributed by atoms with E-state index in [-0.39, 0.29) is 0 Å². The summed E-state index contributed by atoms with van der Waals surface area (Å²) in [6, 6.07) is 8.17. The molecule has 2 rings (SSSR count). The molecule has 1 N–H and O–H groups in total. The van der Waals surface area contributed by atoms with E-state index in [1.165, 1.54) is 4.90 Å². The van der Waals surface area contributed by atoms with Crippen molar-refractivity contribution in [3.63, 3.8) is 0 Å². The molecule has 0 atom stereocenters. The third-order valence-electron chi connectivity index (χ3n) is 2.60. The van der Waals surface area contributed by atoms with E-state index in [1.54, 1.807) is 11.8 Å². The van der Waals surface area contributed by atoms with Crippen molar-refractivity contribution in [3.8, 4) is 0 Å². The molecule has 0 spiro atoms. The molecule has 0 radical (unpaired) electrons. The Labute approximate surface area is 140 Å². The van der Waals surface area contributed by atoms with E-state index in [2.05, 4.69) is 60.1 Å². The molecular formula is C14H15Br2N3S. The molecule has 0 aliphatic rings. The fraction of sp³-hybridized carbons (Fsp3) is 0.286. The molecule has 2 aromatic rings. The largest absolute Gasteiger partial charge is 0.369 e. The summed E-state index contributed by atoms with van der Waals surface area (Å²) in [5.41, 5.74) is 0.957. The maximum atomic E-state index is 4.56. The van der Waals surface area contributed by atoms with Gasteiger partial charge in [-0.25, -0.2) is 9.97 Å². The van der Waals surface area contributed by atoms with Crippen molar-refractivity contribution in [3.05, 3.63) is 44.7 Å². The number of anilines is 1. The second-order valence-corrected chi connectivity index (χ2v) is 6.80. The minimum Gasteiger partial charge on any atom is -0.369 e. The van der Waals surface area contributed by atoms with E-state index in [9.17, 15) is 0 Å². The summed E-state index contributed by atoms with van der Waals surface area (Å²) < 4.78 is 2.04. The molecule has 20 heavy (non-hydrogen) atoms. The van der Waals surface area contributed by atoms with Crippen molar-refractivity contribution < 1.29 is 0 Å². The van der Waals surface area contributed by atoms with Crippen molar-refractivity contribution in [1.82, 2.24) is 9.97 Å². The third kappa shape index (κ3) is 3.96. The van der Waals surface area contributed by atoms with Gasteiger partial charge in [0.1, 0.15) is 11.6 Å². The molecule has 0 aliphatic carbocycles. The molecule has 106 valence electrons. The Kier molecular flexibility index (Phi) is 5.86. The molecule has 0 bridgehead atoms. The Bertz CT molecular complexity index is 605. The number of thioether (sulfide) groups is 1. The minimum absolute atomic E-state index is 0.745. The summed E-state index contributed by atoms with van der Waals surface area (Å²) in [5.74, 6) is 2.44. The van der Waals surface area contributed by atoms with E-state index in [0.717, 1.165) is 38.6 Å². The average molecular weight is 417 g/mol. The van der Waals surface area contributed by atoms with E-state index in [0.29, 0.717) is 0 Å². The fourth-order valence-corrected chi connectivity index (χ4v) is 3.41. The van der Waals surface area contributed by atoms with Crippen LogP contribution in [0, 0.1) is 6.92 Å². The van der Waals surface area contributed by atoms with Crippen molar-refractivity contribution >= 4 is 49.4 Å². The van der Waals surface area contributed by atoms with E-state index in [4.69, 9.17) is 0 Å². The first-order chi connectivity index (χ1) is 9.61. The van der Waals surface area contributed by atoms with Gasteiger partial charge in [0.05, 0.1) is 15.9 Å². The Morgan fingerprint density at radius 2 is 1.95 bits per heavy atom. The molecule has 0 amide bonds. The summed E-state index contributed by atoms with van der Waals surface area (Å²) in [5, 5.41) is 3.25. The second-order valence-electron chi connectivity index (χ2n) is 4.14. The topological polar surface area (TPSA) is 37.8 Å². The van der Waals surface area contributed by atoms with E-state index in [1.807, 2.05) is 25.1 Å². The van der Waals surface area contributed by atoms with Gasteiger partial charge in [0.15, 0.2) is 0 Å². The molecule has 0 saturated carbocycles. The molecule has 1 aromatic heterocycles. The first-order valence-corrected chi connectivity index (χ1v) is 8.83. The van der Waals surface area contributed by atoms with Crippen molar-refractivity contribution in [1.29, 1.82) is 0 Å². The van der Waals surface area contributed by atoms with E-state index >= 15 is 0 Å². The summed E-state index contributed by atoms with van der Waals surface area (Å²) in [7, 11) is 0. The second kappa shape index (κ2) is 7.43. The highest BCUT2D eigenvalue weighted by Crippen LogP contribution is 2.30. The zero-order valence-electron chi connectivity index (χ0n) is 11.3. The zero-order chi connectivity index (χ0) is 14.5. The van der Waals surface area contributed by atoms with Crippen LogP contribution in [0.1, 0.15) is 18.4 Å². The molecule has 0 saturated heterocycles. The highest BCUT2D eigenvalue weighted by Gasteiger charge is 2.09. The van der Waals surface area contributed by atoms with Gasteiger partial charge in [-0.2, -0.15) is 0 Å². The smallest absolute Gasteiger partial charge is 0.144 e. The fourth-order valence-electron chi connectivity index (χ4n) is 1.67. The quantitative estimate of drug-likeness (QED) is 0.693. The molecule has 1 aromatic carbocycles. The van der Waals surface area contributed by atoms with Crippen LogP contribution >= 0.6 is 43.6 Å². The van der Waals surface area contributed by atoms with Crippen molar-refractivity contribution in [2.24, 2.45) is 0 Å². The maximum Gasteiger partial charge on any atom is 0.144 e. The average Bonchev–Trinajstić information content (AvgIpc) is 2.43. The van der Waals surface area contributed by atoms with Crippen LogP contribution in [-0.2, 0) is 5.75 Å². The molecule has 0 aliphatic heterocycles. The number of hydrogen-bond acceptors (Lipinski definition) is 4. The SMILES string of the molecule is CCNc1nc(CSc2ccccc2Br)nc(C)c1Br. The van der Waals surface area contributed by atoms with Gasteiger partial charge < -0.3 is 5.32 Å². The third-order valence-corrected chi connectivity index (χ3v) is 5.57. The summed E-state index contributed by atoms with van der Waals surface area (Å²) in [6.07, 6.45) is 0. The molecular weight excluding hydrogens is 402 g/mol. The van der Waals surface area contributed by atoms with Gasteiger partial charge in [0, 0.05) is 15.9 Å². The van der Waals surface area contributed by atoms with Gasteiger partial charge in [0.2, 0.25) is 0 Å². The Hall–Kier alpha value is -0.590. The predicted octanol–water partition coefficient (Wildman–Crippen LogP) is 5.03. The lowest BCUT2D eigenvalue weighted by molar-refractivity contribution is 0.975. The van der Waals surface area contributed by atoms with Gasteiger partial charge in [0.25, 0.3) is 0 Å². The van der Waals surface area contributed by atoms with Crippen LogP contribution in [0.4, 0.5) is 5.82 Å². The first kappa shape index (κ1) is 15.8. The number of nitrogens with one attached hydrogen (secondary N) is 1. The normalized spacial score (nSPS) is 10.6. The molecule has 0 unspecified atom stereocenters. The number of aromatic nitrogens is 2.